The summed E-state index contributed by atoms with van der Waals surface area (Å²) in [5, 5.41) is 13.8. The van der Waals surface area contributed by atoms with E-state index in [2.05, 4.69) is 15.3 Å². The van der Waals surface area contributed by atoms with E-state index in [-0.39, 0.29) is 11.7 Å². The van der Waals surface area contributed by atoms with Crippen molar-refractivity contribution in [1.29, 1.82) is 0 Å². The van der Waals surface area contributed by atoms with Crippen molar-refractivity contribution < 1.29 is 5.11 Å². The standard InChI is InChI=1S/C14H18ClN3O2/c1-2-3-10(19)7-16-8-13-17-12-6-9(15)4-5-11(12)14(20)18-13/h4-6,10,16,19H,2-3,7-8H2,1H3,(H,17,18,20). The number of H-pyrrole nitrogens is 1. The monoisotopic (exact) mass is 295 g/mol. The maximum Gasteiger partial charge on any atom is 0.258 e. The lowest BCUT2D eigenvalue weighted by atomic mass is 10.2. The number of halogens is 1. The Morgan fingerprint density at radius 2 is 2.30 bits per heavy atom. The largest absolute Gasteiger partial charge is 0.392 e. The molecule has 1 unspecified atom stereocenters. The topological polar surface area (TPSA) is 78.0 Å². The first-order chi connectivity index (χ1) is 9.60. The van der Waals surface area contributed by atoms with Crippen LogP contribution in [0.15, 0.2) is 23.0 Å². The molecule has 1 aromatic heterocycles. The van der Waals surface area contributed by atoms with Crippen LogP contribution in [0.3, 0.4) is 0 Å². The molecule has 2 rings (SSSR count). The highest BCUT2D eigenvalue weighted by molar-refractivity contribution is 6.31. The molecule has 0 saturated carbocycles. The molecule has 0 aliphatic carbocycles. The third-order valence-electron chi connectivity index (χ3n) is 3.01. The number of hydrogen-bond donors (Lipinski definition) is 3. The minimum Gasteiger partial charge on any atom is -0.392 e. The molecule has 6 heteroatoms. The van der Waals surface area contributed by atoms with E-state index >= 15 is 0 Å². The van der Waals surface area contributed by atoms with Crippen LogP contribution in [-0.2, 0) is 6.54 Å². The van der Waals surface area contributed by atoms with Crippen LogP contribution in [-0.4, -0.2) is 27.7 Å². The van der Waals surface area contributed by atoms with Gasteiger partial charge in [-0.1, -0.05) is 24.9 Å². The second kappa shape index (κ2) is 6.83. The number of hydrogen-bond acceptors (Lipinski definition) is 4. The van der Waals surface area contributed by atoms with Crippen LogP contribution in [0.1, 0.15) is 25.6 Å². The van der Waals surface area contributed by atoms with Crippen molar-refractivity contribution >= 4 is 22.5 Å². The number of nitrogens with one attached hydrogen (secondary N) is 2. The quantitative estimate of drug-likeness (QED) is 0.760. The van der Waals surface area contributed by atoms with Crippen LogP contribution < -0.4 is 10.9 Å². The summed E-state index contributed by atoms with van der Waals surface area (Å²) in [6.45, 7) is 2.90. The van der Waals surface area contributed by atoms with E-state index in [1.165, 1.54) is 0 Å². The van der Waals surface area contributed by atoms with Crippen molar-refractivity contribution in [3.63, 3.8) is 0 Å². The lowest BCUT2D eigenvalue weighted by Crippen LogP contribution is -2.27. The van der Waals surface area contributed by atoms with E-state index < -0.39 is 0 Å². The summed E-state index contributed by atoms with van der Waals surface area (Å²) < 4.78 is 0. The predicted octanol–water partition coefficient (Wildman–Crippen LogP) is 1.83. The molecule has 1 atom stereocenters. The van der Waals surface area contributed by atoms with Gasteiger partial charge in [-0.2, -0.15) is 0 Å². The van der Waals surface area contributed by atoms with Gasteiger partial charge in [0.1, 0.15) is 5.82 Å². The zero-order valence-electron chi connectivity index (χ0n) is 11.3. The van der Waals surface area contributed by atoms with Gasteiger partial charge < -0.3 is 15.4 Å². The first kappa shape index (κ1) is 15.0. The molecule has 0 bridgehead atoms. The summed E-state index contributed by atoms with van der Waals surface area (Å²) >= 11 is 5.90. The molecule has 2 aromatic rings. The van der Waals surface area contributed by atoms with E-state index in [1.54, 1.807) is 18.2 Å². The number of rotatable bonds is 6. The van der Waals surface area contributed by atoms with Crippen molar-refractivity contribution in [2.75, 3.05) is 6.54 Å². The lowest BCUT2D eigenvalue weighted by Gasteiger charge is -2.10. The Morgan fingerprint density at radius 1 is 1.50 bits per heavy atom. The van der Waals surface area contributed by atoms with Crippen LogP contribution in [0.25, 0.3) is 10.9 Å². The molecule has 108 valence electrons. The molecule has 1 aromatic carbocycles. The third-order valence-corrected chi connectivity index (χ3v) is 3.25. The van der Waals surface area contributed by atoms with Crippen molar-refractivity contribution in [2.24, 2.45) is 0 Å². The summed E-state index contributed by atoms with van der Waals surface area (Å²) in [5.41, 5.74) is 0.393. The van der Waals surface area contributed by atoms with Gasteiger partial charge in [-0.15, -0.1) is 0 Å². The number of aliphatic hydroxyl groups is 1. The molecule has 0 radical (unpaired) electrons. The Hall–Kier alpha value is -1.43. The van der Waals surface area contributed by atoms with Gasteiger partial charge in [0.05, 0.1) is 23.6 Å². The average Bonchev–Trinajstić information content (AvgIpc) is 2.38. The fourth-order valence-corrected chi connectivity index (χ4v) is 2.20. The van der Waals surface area contributed by atoms with Gasteiger partial charge in [0.2, 0.25) is 0 Å². The lowest BCUT2D eigenvalue weighted by molar-refractivity contribution is 0.160. The van der Waals surface area contributed by atoms with Crippen molar-refractivity contribution in [3.05, 3.63) is 39.4 Å². The normalized spacial score (nSPS) is 12.8. The molecule has 0 spiro atoms. The molecule has 0 saturated heterocycles. The Labute approximate surface area is 122 Å². The average molecular weight is 296 g/mol. The summed E-state index contributed by atoms with van der Waals surface area (Å²) in [7, 11) is 0. The van der Waals surface area contributed by atoms with Crippen LogP contribution in [0.2, 0.25) is 5.02 Å². The second-order valence-electron chi connectivity index (χ2n) is 4.75. The van der Waals surface area contributed by atoms with E-state index in [0.717, 1.165) is 12.8 Å². The molecule has 1 heterocycles. The zero-order valence-corrected chi connectivity index (χ0v) is 12.1. The van der Waals surface area contributed by atoms with Gasteiger partial charge in [0.25, 0.3) is 5.56 Å². The van der Waals surface area contributed by atoms with E-state index in [9.17, 15) is 9.90 Å². The van der Waals surface area contributed by atoms with Crippen molar-refractivity contribution in [1.82, 2.24) is 15.3 Å². The van der Waals surface area contributed by atoms with E-state index in [4.69, 9.17) is 11.6 Å². The fraction of sp³-hybridized carbons (Fsp3) is 0.429. The number of nitrogens with zero attached hydrogens (tertiary/aromatic N) is 1. The molecule has 5 nitrogen and oxygen atoms in total. The maximum atomic E-state index is 11.9. The Balaban J connectivity index is 2.09. The first-order valence-electron chi connectivity index (χ1n) is 6.67. The molecular weight excluding hydrogens is 278 g/mol. The first-order valence-corrected chi connectivity index (χ1v) is 7.05. The molecule has 3 N–H and O–H groups in total. The minimum atomic E-state index is -0.373. The summed E-state index contributed by atoms with van der Waals surface area (Å²) in [6.07, 6.45) is 1.32. The SMILES string of the molecule is CCCC(O)CNCc1nc2cc(Cl)ccc2c(=O)[nH]1. The molecule has 0 amide bonds. The van der Waals surface area contributed by atoms with Gasteiger partial charge in [0, 0.05) is 11.6 Å². The van der Waals surface area contributed by atoms with Gasteiger partial charge >= 0.3 is 0 Å². The summed E-state index contributed by atoms with van der Waals surface area (Å²) in [6, 6.07) is 4.99. The van der Waals surface area contributed by atoms with Crippen molar-refractivity contribution in [3.8, 4) is 0 Å². The van der Waals surface area contributed by atoms with Gasteiger partial charge in [-0.05, 0) is 24.6 Å². The van der Waals surface area contributed by atoms with Gasteiger partial charge in [-0.3, -0.25) is 4.79 Å². The maximum absolute atomic E-state index is 11.9. The Morgan fingerprint density at radius 3 is 3.05 bits per heavy atom. The molecule has 0 aliphatic heterocycles. The van der Waals surface area contributed by atoms with Crippen molar-refractivity contribution in [2.45, 2.75) is 32.4 Å². The van der Waals surface area contributed by atoms with Crippen LogP contribution in [0.5, 0.6) is 0 Å². The second-order valence-corrected chi connectivity index (χ2v) is 5.18. The predicted molar refractivity (Wildman–Crippen MR) is 80.0 cm³/mol. The summed E-state index contributed by atoms with van der Waals surface area (Å²) in [5.74, 6) is 0.536. The molecule has 0 fully saturated rings. The molecular formula is C14H18ClN3O2. The van der Waals surface area contributed by atoms with Crippen LogP contribution in [0.4, 0.5) is 0 Å². The Bertz CT molecular complexity index is 642. The zero-order chi connectivity index (χ0) is 14.5. The third kappa shape index (κ3) is 3.79. The Kier molecular flexibility index (Phi) is 5.11. The van der Waals surface area contributed by atoms with Crippen LogP contribution in [0, 0.1) is 0 Å². The number of aromatic amines is 1. The number of aromatic nitrogens is 2. The van der Waals surface area contributed by atoms with E-state index in [0.29, 0.717) is 34.8 Å². The number of fused-ring (bicyclic) bond motifs is 1. The summed E-state index contributed by atoms with van der Waals surface area (Å²) in [4.78, 5) is 19.0. The highest BCUT2D eigenvalue weighted by Crippen LogP contribution is 2.14. The number of aliphatic hydroxyl groups excluding tert-OH is 1. The fourth-order valence-electron chi connectivity index (χ4n) is 2.04. The van der Waals surface area contributed by atoms with E-state index in [1.807, 2.05) is 6.92 Å². The van der Waals surface area contributed by atoms with Gasteiger partial charge in [-0.25, -0.2) is 4.98 Å². The number of benzene rings is 1. The highest BCUT2D eigenvalue weighted by atomic mass is 35.5. The van der Waals surface area contributed by atoms with Crippen LogP contribution >= 0.6 is 11.6 Å². The minimum absolute atomic E-state index is 0.183. The smallest absolute Gasteiger partial charge is 0.258 e. The van der Waals surface area contributed by atoms with Gasteiger partial charge in [0.15, 0.2) is 0 Å². The highest BCUT2D eigenvalue weighted by Gasteiger charge is 2.06. The molecule has 0 aliphatic rings. The molecule has 20 heavy (non-hydrogen) atoms.